The number of rotatable bonds is 6. The molecule has 8 aromatic carbocycles. The van der Waals surface area contributed by atoms with E-state index in [4.69, 9.17) is 21.8 Å². The second-order valence-electron chi connectivity index (χ2n) is 13.6. The Balaban J connectivity index is 1.28. The predicted octanol–water partition coefficient (Wildman–Crippen LogP) is 13.7. The van der Waals surface area contributed by atoms with Gasteiger partial charge in [-0.1, -0.05) is 164 Å². The zero-order valence-corrected chi connectivity index (χ0v) is 30.6. The van der Waals surface area contributed by atoms with Crippen LogP contribution in [0.5, 0.6) is 0 Å². The lowest BCUT2D eigenvalue weighted by Crippen LogP contribution is -2.02. The average molecular weight is 738 g/mol. The van der Waals surface area contributed by atoms with Crippen LogP contribution >= 0.6 is 11.3 Å². The molecule has 0 unspecified atom stereocenters. The number of para-hydroxylation sites is 2. The number of fused-ring (bicyclic) bond motifs is 6. The third-order valence-corrected chi connectivity index (χ3v) is 11.6. The first kappa shape index (κ1) is 27.4. The van der Waals surface area contributed by atoms with Crippen LogP contribution in [0.3, 0.4) is 0 Å². The minimum Gasteiger partial charge on any atom is -0.309 e. The van der Waals surface area contributed by atoms with Gasteiger partial charge in [-0.05, 0) is 52.6 Å². The molecule has 11 rings (SSSR count). The highest BCUT2D eigenvalue weighted by atomic mass is 32.1. The van der Waals surface area contributed by atoms with E-state index in [9.17, 15) is 0 Å². The number of hydrogen-bond donors (Lipinski definition) is 0. The molecule has 56 heavy (non-hydrogen) atoms. The molecule has 0 radical (unpaired) electrons. The Morgan fingerprint density at radius 1 is 0.429 bits per heavy atom. The topological polar surface area (TPSA) is 43.6 Å². The van der Waals surface area contributed by atoms with E-state index in [0.717, 1.165) is 75.5 Å². The Labute approximate surface area is 334 Å². The van der Waals surface area contributed by atoms with E-state index in [1.807, 2.05) is 60.7 Å². The van der Waals surface area contributed by atoms with Gasteiger partial charge in [0.25, 0.3) is 0 Å². The number of aromatic nitrogens is 4. The molecule has 11 aromatic rings. The second kappa shape index (κ2) is 13.3. The lowest BCUT2D eigenvalue weighted by Gasteiger charge is -2.14. The molecular weight excluding hydrogens is 701 g/mol. The maximum atomic E-state index is 9.02. The number of nitrogens with zero attached hydrogens (tertiary/aromatic N) is 4. The largest absolute Gasteiger partial charge is 0.309 e. The summed E-state index contributed by atoms with van der Waals surface area (Å²) >= 11 is 1.65. The number of benzene rings is 8. The predicted molar refractivity (Wildman–Crippen MR) is 234 cm³/mol. The summed E-state index contributed by atoms with van der Waals surface area (Å²) in [6, 6.07) is 53.6. The highest BCUT2D eigenvalue weighted by molar-refractivity contribution is 7.26. The maximum absolute atomic E-state index is 9.02. The van der Waals surface area contributed by atoms with Gasteiger partial charge in [-0.15, -0.1) is 11.3 Å². The Morgan fingerprint density at radius 3 is 1.68 bits per heavy atom. The van der Waals surface area contributed by atoms with Crippen molar-refractivity contribution in [3.05, 3.63) is 194 Å². The summed E-state index contributed by atoms with van der Waals surface area (Å²) in [6.45, 7) is 0. The van der Waals surface area contributed by atoms with Crippen molar-refractivity contribution >= 4 is 53.3 Å². The summed E-state index contributed by atoms with van der Waals surface area (Å²) < 4.78 is 47.9. The van der Waals surface area contributed by atoms with Crippen LogP contribution in [-0.2, 0) is 0 Å². The Kier molecular flexibility index (Phi) is 6.49. The van der Waals surface area contributed by atoms with Crippen LogP contribution in [0.25, 0.3) is 104 Å². The minimum absolute atomic E-state index is 0.0126. The summed E-state index contributed by atoms with van der Waals surface area (Å²) in [5, 5.41) is 4.38. The quantitative estimate of drug-likeness (QED) is 0.171. The summed E-state index contributed by atoms with van der Waals surface area (Å²) in [4.78, 5) is 15.3. The van der Waals surface area contributed by atoms with Gasteiger partial charge < -0.3 is 4.57 Å². The van der Waals surface area contributed by atoms with Gasteiger partial charge in [-0.25, -0.2) is 15.0 Å². The molecule has 0 saturated carbocycles. The molecule has 0 N–H and O–H groups in total. The first-order valence-corrected chi connectivity index (χ1v) is 19.2. The zero-order valence-electron chi connectivity index (χ0n) is 34.8. The van der Waals surface area contributed by atoms with Gasteiger partial charge in [-0.3, -0.25) is 0 Å². The van der Waals surface area contributed by atoms with E-state index in [1.54, 1.807) is 11.3 Å². The van der Waals surface area contributed by atoms with Crippen LogP contribution in [-0.4, -0.2) is 19.5 Å². The van der Waals surface area contributed by atoms with Gasteiger partial charge in [0, 0.05) is 53.3 Å². The molecule has 0 saturated heterocycles. The highest BCUT2D eigenvalue weighted by Gasteiger charge is 2.22. The SMILES string of the molecule is [2H]c1c([2H])c([2H])c(-c2nc(-c3ccccc3-c3ccccc3)nc(-c3cc(-n4c5ccccc5c5ccccc54)cc4c3sc3cccc(-c5ccccc5)c34)n2)c([2H])c1[2H]. The zero-order chi connectivity index (χ0) is 41.4. The highest BCUT2D eigenvalue weighted by Crippen LogP contribution is 2.46. The van der Waals surface area contributed by atoms with Gasteiger partial charge >= 0.3 is 0 Å². The van der Waals surface area contributed by atoms with Crippen molar-refractivity contribution in [2.75, 3.05) is 0 Å². The normalized spacial score (nSPS) is 12.8. The molecule has 3 heterocycles. The minimum atomic E-state index is -0.484. The van der Waals surface area contributed by atoms with Crippen LogP contribution in [0.15, 0.2) is 194 Å². The van der Waals surface area contributed by atoms with Gasteiger partial charge in [0.15, 0.2) is 17.5 Å². The number of hydrogen-bond acceptors (Lipinski definition) is 4. The summed E-state index contributed by atoms with van der Waals surface area (Å²) in [7, 11) is 0. The lowest BCUT2D eigenvalue weighted by molar-refractivity contribution is 1.07. The molecule has 262 valence electrons. The molecule has 0 atom stereocenters. The van der Waals surface area contributed by atoms with Crippen molar-refractivity contribution in [2.45, 2.75) is 0 Å². The lowest BCUT2D eigenvalue weighted by atomic mass is 9.98. The Hall–Kier alpha value is -7.21. The molecule has 0 fully saturated rings. The van der Waals surface area contributed by atoms with Gasteiger partial charge in [-0.2, -0.15) is 0 Å². The second-order valence-corrected chi connectivity index (χ2v) is 14.7. The van der Waals surface area contributed by atoms with Crippen molar-refractivity contribution in [1.82, 2.24) is 19.5 Å². The maximum Gasteiger partial charge on any atom is 0.165 e. The molecule has 0 aliphatic heterocycles. The van der Waals surface area contributed by atoms with Crippen LogP contribution in [0.1, 0.15) is 6.85 Å². The first-order chi connectivity index (χ1) is 29.9. The third kappa shape index (κ3) is 5.32. The monoisotopic (exact) mass is 737 g/mol. The van der Waals surface area contributed by atoms with Gasteiger partial charge in [0.2, 0.25) is 0 Å². The summed E-state index contributed by atoms with van der Waals surface area (Å²) in [6.07, 6.45) is 0. The Bertz CT molecular complexity index is 3470. The smallest absolute Gasteiger partial charge is 0.165 e. The summed E-state index contributed by atoms with van der Waals surface area (Å²) in [5.74, 6) is 0.615. The molecule has 0 spiro atoms. The van der Waals surface area contributed by atoms with E-state index < -0.39 is 18.1 Å². The van der Waals surface area contributed by atoms with Crippen molar-refractivity contribution in [3.63, 3.8) is 0 Å². The molecule has 3 aromatic heterocycles. The molecule has 0 aliphatic carbocycles. The average Bonchev–Trinajstić information content (AvgIpc) is 3.86. The molecule has 0 bridgehead atoms. The standard InChI is InChI=1S/C51H32N4S/c1-4-17-33(18-5-1)37-23-10-11-26-41(37)50-52-49(35-21-8-3-9-22-35)53-51(54-50)43-32-36(55-44-28-14-12-24-39(44)40-25-13-15-29-45(40)55)31-42-47-38(34-19-6-2-7-20-34)27-16-30-46(47)56-48(42)43/h1-32H/i3D,8D,9D,21D,22D. The van der Waals surface area contributed by atoms with E-state index in [2.05, 4.69) is 108 Å². The van der Waals surface area contributed by atoms with Crippen LogP contribution in [0.4, 0.5) is 0 Å². The molecule has 0 amide bonds. The van der Waals surface area contributed by atoms with Crippen molar-refractivity contribution in [2.24, 2.45) is 0 Å². The molecule has 4 nitrogen and oxygen atoms in total. The van der Waals surface area contributed by atoms with E-state index in [0.29, 0.717) is 17.2 Å². The van der Waals surface area contributed by atoms with Crippen molar-refractivity contribution < 1.29 is 6.85 Å². The fraction of sp³-hybridized carbons (Fsp3) is 0. The van der Waals surface area contributed by atoms with Crippen LogP contribution < -0.4 is 0 Å². The molecule has 0 aliphatic rings. The van der Waals surface area contributed by atoms with Gasteiger partial charge in [0.05, 0.1) is 17.9 Å². The van der Waals surface area contributed by atoms with E-state index in [1.165, 1.54) is 0 Å². The van der Waals surface area contributed by atoms with Crippen LogP contribution in [0, 0.1) is 0 Å². The summed E-state index contributed by atoms with van der Waals surface area (Å²) in [5.41, 5.74) is 8.37. The van der Waals surface area contributed by atoms with Gasteiger partial charge in [0.1, 0.15) is 0 Å². The van der Waals surface area contributed by atoms with E-state index in [-0.39, 0.29) is 23.5 Å². The third-order valence-electron chi connectivity index (χ3n) is 10.4. The molecule has 5 heteroatoms. The first-order valence-electron chi connectivity index (χ1n) is 20.9. The fourth-order valence-electron chi connectivity index (χ4n) is 7.91. The van der Waals surface area contributed by atoms with Crippen LogP contribution in [0.2, 0.25) is 0 Å². The van der Waals surface area contributed by atoms with Crippen molar-refractivity contribution in [1.29, 1.82) is 0 Å². The Morgan fingerprint density at radius 2 is 0.982 bits per heavy atom. The fourth-order valence-corrected chi connectivity index (χ4v) is 9.12. The van der Waals surface area contributed by atoms with E-state index >= 15 is 0 Å². The molecular formula is C51H32N4S. The number of thiophene rings is 1. The van der Waals surface area contributed by atoms with Crippen molar-refractivity contribution in [3.8, 4) is 62.1 Å².